The van der Waals surface area contributed by atoms with E-state index in [4.69, 9.17) is 11.2 Å². The quantitative estimate of drug-likeness (QED) is 0.274. The number of hydrogen-bond acceptors (Lipinski definition) is 5. The maximum absolute atomic E-state index is 13.7. The minimum atomic E-state index is -1.02. The van der Waals surface area contributed by atoms with E-state index in [0.29, 0.717) is 24.3 Å². The largest absolute Gasteiger partial charge is 0.444 e. The molecule has 0 radical (unpaired) electrons. The van der Waals surface area contributed by atoms with E-state index in [2.05, 4.69) is 16.7 Å². The summed E-state index contributed by atoms with van der Waals surface area (Å²) in [7, 11) is 0. The van der Waals surface area contributed by atoms with Gasteiger partial charge in [-0.25, -0.2) is 4.79 Å². The molecule has 0 aliphatic carbocycles. The summed E-state index contributed by atoms with van der Waals surface area (Å²) in [5, 5.41) is 5.56. The van der Waals surface area contributed by atoms with Crippen LogP contribution in [0.15, 0.2) is 18.2 Å². The molecule has 0 aliphatic rings. The normalized spacial score (nSPS) is 12.8. The summed E-state index contributed by atoms with van der Waals surface area (Å²) in [6.07, 6.45) is 9.09. The lowest BCUT2D eigenvalue weighted by Crippen LogP contribution is -2.51. The second-order valence-corrected chi connectivity index (χ2v) is 10.2. The summed E-state index contributed by atoms with van der Waals surface area (Å²) in [5.41, 5.74) is 1.72. The number of benzene rings is 1. The van der Waals surface area contributed by atoms with Crippen LogP contribution in [0.5, 0.6) is 0 Å². The predicted molar refractivity (Wildman–Crippen MR) is 138 cm³/mol. The van der Waals surface area contributed by atoms with Gasteiger partial charge in [-0.3, -0.25) is 14.5 Å². The number of nitrogens with zero attached hydrogens (tertiary/aromatic N) is 1. The number of unbranched alkanes of at least 4 members (excludes halogenated alkanes) is 1. The van der Waals surface area contributed by atoms with E-state index in [9.17, 15) is 14.4 Å². The Kier molecular flexibility index (Phi) is 12.0. The summed E-state index contributed by atoms with van der Waals surface area (Å²) in [5.74, 6) is -0.269. The molecule has 0 bridgehead atoms. The first-order valence-electron chi connectivity index (χ1n) is 11.6. The van der Waals surface area contributed by atoms with Crippen molar-refractivity contribution in [1.82, 2.24) is 15.5 Å². The van der Waals surface area contributed by atoms with Gasteiger partial charge in [0.2, 0.25) is 5.91 Å². The molecule has 0 fully saturated rings. The Bertz CT molecular complexity index is 889. The molecule has 2 unspecified atom stereocenters. The summed E-state index contributed by atoms with van der Waals surface area (Å²) < 4.78 is 5.35. The van der Waals surface area contributed by atoms with Crippen molar-refractivity contribution < 1.29 is 19.1 Å². The maximum Gasteiger partial charge on any atom is 0.408 e. The number of aryl methyl sites for hydroxylation is 2. The van der Waals surface area contributed by atoms with Crippen LogP contribution in [0.2, 0.25) is 0 Å². The first-order chi connectivity index (χ1) is 15.9. The van der Waals surface area contributed by atoms with Gasteiger partial charge in [0.25, 0.3) is 5.91 Å². The molecule has 7 nitrogen and oxygen atoms in total. The van der Waals surface area contributed by atoms with E-state index in [1.165, 1.54) is 0 Å². The Morgan fingerprint density at radius 3 is 2.47 bits per heavy atom. The van der Waals surface area contributed by atoms with E-state index < -0.39 is 29.7 Å². The average molecular weight is 490 g/mol. The monoisotopic (exact) mass is 489 g/mol. The Labute approximate surface area is 208 Å². The summed E-state index contributed by atoms with van der Waals surface area (Å²) in [6, 6.07) is 6.18. The molecule has 1 rings (SSSR count). The van der Waals surface area contributed by atoms with Crippen LogP contribution in [0.1, 0.15) is 69.7 Å². The van der Waals surface area contributed by atoms with Crippen molar-refractivity contribution >= 4 is 29.7 Å². The van der Waals surface area contributed by atoms with Crippen molar-refractivity contribution in [3.8, 4) is 12.5 Å². The number of ether oxygens (including phenoxy) is 1. The third kappa shape index (κ3) is 9.30. The number of rotatable bonds is 11. The highest BCUT2D eigenvalue weighted by Crippen LogP contribution is 2.26. The molecule has 0 heterocycles. The summed E-state index contributed by atoms with van der Waals surface area (Å²) in [4.78, 5) is 40.5. The summed E-state index contributed by atoms with van der Waals surface area (Å²) >= 11 is 1.54. The molecule has 34 heavy (non-hydrogen) atoms. The zero-order chi connectivity index (χ0) is 25.9. The lowest BCUT2D eigenvalue weighted by molar-refractivity contribution is -0.138. The number of amides is 3. The van der Waals surface area contributed by atoms with Crippen LogP contribution >= 0.6 is 11.8 Å². The molecule has 188 valence electrons. The molecule has 0 saturated carbocycles. The van der Waals surface area contributed by atoms with Gasteiger partial charge in [-0.1, -0.05) is 43.5 Å². The molecule has 1 aromatic rings. The minimum Gasteiger partial charge on any atom is -0.444 e. The number of alkyl carbamates (subject to hydrolysis) is 1. The molecule has 8 heteroatoms. The number of carbonyl (C=O) groups is 3. The van der Waals surface area contributed by atoms with Crippen LogP contribution < -0.4 is 10.6 Å². The van der Waals surface area contributed by atoms with Gasteiger partial charge >= 0.3 is 6.09 Å². The number of nitrogens with one attached hydrogen (secondary N) is 2. The summed E-state index contributed by atoms with van der Waals surface area (Å²) in [6.45, 7) is 11.6. The van der Waals surface area contributed by atoms with Gasteiger partial charge in [-0.2, -0.15) is 11.8 Å². The van der Waals surface area contributed by atoms with Crippen LogP contribution in [0.4, 0.5) is 4.79 Å². The number of terminal acetylenes is 1. The standard InChI is InChI=1S/C26H39N3O4S/c1-9-11-15-27-23(30)22(20-17-18(3)12-13-19(20)4)29(10-2)24(31)21(14-16-34-8)28-25(32)33-26(5,6)7/h2,12-13,17,21-22H,9,11,14-16H2,1,3-8H3,(H,27,30)(H,28,32). The van der Waals surface area contributed by atoms with Crippen LogP contribution in [-0.4, -0.2) is 53.0 Å². The third-order valence-electron chi connectivity index (χ3n) is 5.04. The van der Waals surface area contributed by atoms with E-state index in [-0.39, 0.29) is 5.91 Å². The molecule has 0 aliphatic heterocycles. The van der Waals surface area contributed by atoms with Gasteiger partial charge < -0.3 is 15.4 Å². The maximum atomic E-state index is 13.7. The van der Waals surface area contributed by atoms with Gasteiger partial charge in [0.05, 0.1) is 0 Å². The first kappa shape index (κ1) is 29.4. The van der Waals surface area contributed by atoms with Crippen molar-refractivity contribution in [3.05, 3.63) is 34.9 Å². The Balaban J connectivity index is 3.37. The lowest BCUT2D eigenvalue weighted by atomic mass is 9.96. The highest BCUT2D eigenvalue weighted by Gasteiger charge is 2.36. The molecule has 0 saturated heterocycles. The zero-order valence-corrected chi connectivity index (χ0v) is 22.3. The van der Waals surface area contributed by atoms with Crippen molar-refractivity contribution in [3.63, 3.8) is 0 Å². The van der Waals surface area contributed by atoms with E-state index in [0.717, 1.165) is 28.9 Å². The first-order valence-corrected chi connectivity index (χ1v) is 13.0. The predicted octanol–water partition coefficient (Wildman–Crippen LogP) is 4.33. The average Bonchev–Trinajstić information content (AvgIpc) is 2.75. The Morgan fingerprint density at radius 2 is 1.91 bits per heavy atom. The van der Waals surface area contributed by atoms with E-state index in [1.807, 2.05) is 45.2 Å². The van der Waals surface area contributed by atoms with Crippen molar-refractivity contribution in [1.29, 1.82) is 0 Å². The van der Waals surface area contributed by atoms with Gasteiger partial charge in [-0.05, 0) is 70.6 Å². The lowest BCUT2D eigenvalue weighted by Gasteiger charge is -2.31. The zero-order valence-electron chi connectivity index (χ0n) is 21.5. The van der Waals surface area contributed by atoms with Gasteiger partial charge in [0, 0.05) is 12.6 Å². The van der Waals surface area contributed by atoms with Crippen molar-refractivity contribution in [2.24, 2.45) is 0 Å². The van der Waals surface area contributed by atoms with Crippen LogP contribution in [0.25, 0.3) is 0 Å². The fourth-order valence-corrected chi connectivity index (χ4v) is 3.78. The molecular weight excluding hydrogens is 450 g/mol. The van der Waals surface area contributed by atoms with Gasteiger partial charge in [-0.15, -0.1) is 0 Å². The Morgan fingerprint density at radius 1 is 1.24 bits per heavy atom. The molecule has 0 spiro atoms. The van der Waals surface area contributed by atoms with Gasteiger partial charge in [0.15, 0.2) is 0 Å². The molecule has 3 amide bonds. The number of thioether (sulfide) groups is 1. The molecular formula is C26H39N3O4S. The third-order valence-corrected chi connectivity index (χ3v) is 5.69. The van der Waals surface area contributed by atoms with E-state index in [1.54, 1.807) is 32.5 Å². The molecule has 0 aromatic heterocycles. The van der Waals surface area contributed by atoms with Crippen molar-refractivity contribution in [2.45, 2.75) is 78.5 Å². The van der Waals surface area contributed by atoms with Crippen LogP contribution in [0, 0.1) is 26.3 Å². The molecule has 2 atom stereocenters. The topological polar surface area (TPSA) is 87.7 Å². The number of hydrogen-bond donors (Lipinski definition) is 2. The van der Waals surface area contributed by atoms with Crippen LogP contribution in [-0.2, 0) is 14.3 Å². The van der Waals surface area contributed by atoms with Gasteiger partial charge in [0.1, 0.15) is 17.7 Å². The number of carbonyl (C=O) groups excluding carboxylic acids is 3. The smallest absolute Gasteiger partial charge is 0.408 e. The highest BCUT2D eigenvalue weighted by atomic mass is 32.2. The molecule has 2 N–H and O–H groups in total. The second-order valence-electron chi connectivity index (χ2n) is 9.22. The van der Waals surface area contributed by atoms with Crippen LogP contribution in [0.3, 0.4) is 0 Å². The highest BCUT2D eigenvalue weighted by molar-refractivity contribution is 7.98. The fourth-order valence-electron chi connectivity index (χ4n) is 3.31. The Hall–Kier alpha value is -2.66. The fraction of sp³-hybridized carbons (Fsp3) is 0.577. The van der Waals surface area contributed by atoms with E-state index >= 15 is 0 Å². The second kappa shape index (κ2) is 13.9. The SMILES string of the molecule is C#CN(C(=O)C(CCSC)NC(=O)OC(C)(C)C)C(C(=O)NCCCC)c1cc(C)ccc1C. The minimum absolute atomic E-state index is 0.342. The van der Waals surface area contributed by atoms with Crippen molar-refractivity contribution in [2.75, 3.05) is 18.6 Å². The molecule has 1 aromatic carbocycles.